The largest absolute Gasteiger partial charge is 0.573 e. The summed E-state index contributed by atoms with van der Waals surface area (Å²) in [4.78, 5) is 0. The van der Waals surface area contributed by atoms with E-state index in [-0.39, 0.29) is 11.6 Å². The maximum Gasteiger partial charge on any atom is 0.573 e. The molecular formula is C21H16F4O. The second-order valence-corrected chi connectivity index (χ2v) is 5.82. The van der Waals surface area contributed by atoms with E-state index in [0.717, 1.165) is 28.7 Å². The molecule has 0 spiro atoms. The third-order valence-corrected chi connectivity index (χ3v) is 4.06. The van der Waals surface area contributed by atoms with Gasteiger partial charge in [0.05, 0.1) is 0 Å². The fraction of sp³-hybridized carbons (Fsp3) is 0.143. The summed E-state index contributed by atoms with van der Waals surface area (Å²) < 4.78 is 54.7. The van der Waals surface area contributed by atoms with Crippen molar-refractivity contribution in [3.63, 3.8) is 0 Å². The van der Waals surface area contributed by atoms with Crippen molar-refractivity contribution in [3.05, 3.63) is 78.1 Å². The molecule has 0 fully saturated rings. The van der Waals surface area contributed by atoms with Gasteiger partial charge in [0.25, 0.3) is 0 Å². The Hall–Kier alpha value is -2.82. The fourth-order valence-electron chi connectivity index (χ4n) is 2.70. The van der Waals surface area contributed by atoms with Crippen molar-refractivity contribution in [1.29, 1.82) is 0 Å². The van der Waals surface area contributed by atoms with Crippen LogP contribution in [-0.4, -0.2) is 6.36 Å². The van der Waals surface area contributed by atoms with Gasteiger partial charge in [0, 0.05) is 5.56 Å². The average Bonchev–Trinajstić information content (AvgIpc) is 2.61. The van der Waals surface area contributed by atoms with E-state index in [1.54, 1.807) is 30.3 Å². The van der Waals surface area contributed by atoms with E-state index in [0.29, 0.717) is 5.56 Å². The first-order valence-corrected chi connectivity index (χ1v) is 8.11. The summed E-state index contributed by atoms with van der Waals surface area (Å²) in [6.07, 6.45) is -3.94. The Balaban J connectivity index is 1.81. The Morgan fingerprint density at radius 3 is 1.81 bits per heavy atom. The lowest BCUT2D eigenvalue weighted by Gasteiger charge is -2.10. The van der Waals surface area contributed by atoms with E-state index in [1.807, 2.05) is 25.1 Å². The number of hydrogen-bond donors (Lipinski definition) is 0. The van der Waals surface area contributed by atoms with E-state index >= 15 is 0 Å². The number of rotatable bonds is 4. The number of alkyl halides is 3. The summed E-state index contributed by atoms with van der Waals surface area (Å²) in [6, 6.07) is 18.0. The lowest BCUT2D eigenvalue weighted by molar-refractivity contribution is -0.274. The molecule has 0 aliphatic carbocycles. The van der Waals surface area contributed by atoms with Crippen molar-refractivity contribution in [2.75, 3.05) is 0 Å². The highest BCUT2D eigenvalue weighted by Gasteiger charge is 2.30. The minimum absolute atomic E-state index is 0.268. The summed E-state index contributed by atoms with van der Waals surface area (Å²) in [5, 5.41) is 0. The number of ether oxygens (including phenoxy) is 1. The molecule has 5 heteroatoms. The van der Waals surface area contributed by atoms with Crippen LogP contribution >= 0.6 is 0 Å². The van der Waals surface area contributed by atoms with Crippen LogP contribution < -0.4 is 4.74 Å². The van der Waals surface area contributed by atoms with Crippen molar-refractivity contribution in [2.24, 2.45) is 0 Å². The molecule has 0 N–H and O–H groups in total. The molecule has 1 nitrogen and oxygen atoms in total. The second-order valence-electron chi connectivity index (χ2n) is 5.82. The fourth-order valence-corrected chi connectivity index (χ4v) is 2.70. The Morgan fingerprint density at radius 1 is 0.769 bits per heavy atom. The zero-order valence-corrected chi connectivity index (χ0v) is 14.0. The lowest BCUT2D eigenvalue weighted by atomic mass is 9.99. The Bertz CT molecular complexity index is 881. The van der Waals surface area contributed by atoms with Crippen molar-refractivity contribution >= 4 is 0 Å². The predicted molar refractivity (Wildman–Crippen MR) is 93.3 cm³/mol. The van der Waals surface area contributed by atoms with Gasteiger partial charge in [-0.25, -0.2) is 4.39 Å². The molecular weight excluding hydrogens is 344 g/mol. The third kappa shape index (κ3) is 4.23. The molecule has 0 atom stereocenters. The standard InChI is InChI=1S/C21H16F4O/c1-2-14-3-12-19(20(22)13-14)17-6-4-15(5-7-17)16-8-10-18(11-9-16)26-21(23,24)25/h3-13H,2H2,1H3. The van der Waals surface area contributed by atoms with Gasteiger partial charge in [0.2, 0.25) is 0 Å². The molecule has 0 aliphatic heterocycles. The number of benzene rings is 3. The SMILES string of the molecule is CCc1ccc(-c2ccc(-c3ccc(OC(F)(F)F)cc3)cc2)c(F)c1. The van der Waals surface area contributed by atoms with Gasteiger partial charge in [-0.15, -0.1) is 13.2 Å². The molecule has 0 unspecified atom stereocenters. The van der Waals surface area contributed by atoms with E-state index in [4.69, 9.17) is 0 Å². The predicted octanol–water partition coefficient (Wildman–Crippen LogP) is 6.62. The van der Waals surface area contributed by atoms with Crippen LogP contribution in [0, 0.1) is 5.82 Å². The number of hydrogen-bond acceptors (Lipinski definition) is 1. The normalized spacial score (nSPS) is 11.4. The minimum atomic E-state index is -4.71. The molecule has 3 rings (SSSR count). The van der Waals surface area contributed by atoms with Crippen LogP contribution in [0.2, 0.25) is 0 Å². The summed E-state index contributed by atoms with van der Waals surface area (Å²) in [7, 11) is 0. The van der Waals surface area contributed by atoms with Gasteiger partial charge in [-0.3, -0.25) is 0 Å². The Morgan fingerprint density at radius 2 is 1.31 bits per heavy atom. The quantitative estimate of drug-likeness (QED) is 0.475. The summed E-state index contributed by atoms with van der Waals surface area (Å²) in [5.74, 6) is -0.540. The summed E-state index contributed by atoms with van der Waals surface area (Å²) in [6.45, 7) is 1.97. The molecule has 134 valence electrons. The van der Waals surface area contributed by atoms with Gasteiger partial charge >= 0.3 is 6.36 Å². The second kappa shape index (κ2) is 7.20. The lowest BCUT2D eigenvalue weighted by Crippen LogP contribution is -2.16. The molecule has 0 saturated carbocycles. The molecule has 0 amide bonds. The third-order valence-electron chi connectivity index (χ3n) is 4.06. The van der Waals surface area contributed by atoms with Crippen LogP contribution in [0.15, 0.2) is 66.7 Å². The monoisotopic (exact) mass is 360 g/mol. The summed E-state index contributed by atoms with van der Waals surface area (Å²) in [5.41, 5.74) is 3.75. The molecule has 0 radical (unpaired) electrons. The molecule has 3 aromatic carbocycles. The van der Waals surface area contributed by atoms with Crippen LogP contribution in [-0.2, 0) is 6.42 Å². The van der Waals surface area contributed by atoms with Crippen LogP contribution in [0.4, 0.5) is 17.6 Å². The topological polar surface area (TPSA) is 9.23 Å². The first-order chi connectivity index (χ1) is 12.4. The van der Waals surface area contributed by atoms with Gasteiger partial charge in [-0.1, -0.05) is 55.5 Å². The highest BCUT2D eigenvalue weighted by Crippen LogP contribution is 2.29. The van der Waals surface area contributed by atoms with Gasteiger partial charge in [-0.2, -0.15) is 0 Å². The van der Waals surface area contributed by atoms with E-state index in [1.165, 1.54) is 18.2 Å². The van der Waals surface area contributed by atoms with Crippen molar-refractivity contribution in [1.82, 2.24) is 0 Å². The van der Waals surface area contributed by atoms with Gasteiger partial charge in [0.1, 0.15) is 11.6 Å². The number of halogens is 4. The first kappa shape index (κ1) is 18.0. The maximum absolute atomic E-state index is 14.2. The van der Waals surface area contributed by atoms with Crippen molar-refractivity contribution in [3.8, 4) is 28.0 Å². The zero-order valence-electron chi connectivity index (χ0n) is 14.0. The Labute approximate surface area is 148 Å². The van der Waals surface area contributed by atoms with Crippen molar-refractivity contribution in [2.45, 2.75) is 19.7 Å². The minimum Gasteiger partial charge on any atom is -0.406 e. The first-order valence-electron chi connectivity index (χ1n) is 8.11. The molecule has 0 saturated heterocycles. The van der Waals surface area contributed by atoms with E-state index in [2.05, 4.69) is 4.74 Å². The van der Waals surface area contributed by atoms with Gasteiger partial charge in [0.15, 0.2) is 0 Å². The molecule has 0 heterocycles. The maximum atomic E-state index is 14.2. The summed E-state index contributed by atoms with van der Waals surface area (Å²) >= 11 is 0. The highest BCUT2D eigenvalue weighted by molar-refractivity contribution is 5.71. The molecule has 0 aromatic heterocycles. The van der Waals surface area contributed by atoms with Gasteiger partial charge in [-0.05, 0) is 46.9 Å². The molecule has 26 heavy (non-hydrogen) atoms. The highest BCUT2D eigenvalue weighted by atomic mass is 19.4. The smallest absolute Gasteiger partial charge is 0.406 e. The Kier molecular flexibility index (Phi) is 4.98. The van der Waals surface area contributed by atoms with E-state index < -0.39 is 6.36 Å². The van der Waals surface area contributed by atoms with Crippen LogP contribution in [0.1, 0.15) is 12.5 Å². The van der Waals surface area contributed by atoms with Crippen LogP contribution in [0.25, 0.3) is 22.3 Å². The van der Waals surface area contributed by atoms with Crippen LogP contribution in [0.3, 0.4) is 0 Å². The van der Waals surface area contributed by atoms with Gasteiger partial charge < -0.3 is 4.74 Å². The van der Waals surface area contributed by atoms with Crippen LogP contribution in [0.5, 0.6) is 5.75 Å². The molecule has 0 bridgehead atoms. The average molecular weight is 360 g/mol. The van der Waals surface area contributed by atoms with E-state index in [9.17, 15) is 17.6 Å². The number of aryl methyl sites for hydroxylation is 1. The molecule has 3 aromatic rings. The molecule has 0 aliphatic rings. The zero-order chi connectivity index (χ0) is 18.7. The van der Waals surface area contributed by atoms with Crippen molar-refractivity contribution < 1.29 is 22.3 Å².